The molecule has 2 fully saturated rings. The first-order valence-corrected chi connectivity index (χ1v) is 7.91. The Morgan fingerprint density at radius 2 is 1.90 bits per heavy atom. The fourth-order valence-corrected chi connectivity index (χ4v) is 3.31. The average molecular weight is 291 g/mol. The number of carbonyl (C=O) groups is 1. The third-order valence-electron chi connectivity index (χ3n) is 4.79. The molecule has 2 saturated heterocycles. The first-order valence-electron chi connectivity index (χ1n) is 7.91. The summed E-state index contributed by atoms with van der Waals surface area (Å²) in [6.07, 6.45) is 0. The van der Waals surface area contributed by atoms with Gasteiger partial charge in [-0.3, -0.25) is 9.69 Å². The van der Waals surface area contributed by atoms with Crippen molar-refractivity contribution in [1.29, 1.82) is 0 Å². The maximum absolute atomic E-state index is 12.4. The third-order valence-corrected chi connectivity index (χ3v) is 4.79. The second-order valence-corrected chi connectivity index (χ2v) is 6.16. The maximum Gasteiger partial charge on any atom is 0.257 e. The highest BCUT2D eigenvalue weighted by Crippen LogP contribution is 2.22. The first kappa shape index (κ1) is 14.6. The summed E-state index contributed by atoms with van der Waals surface area (Å²) in [5.41, 5.74) is 0.724. The zero-order valence-corrected chi connectivity index (χ0v) is 13.3. The number of likely N-dealkylation sites (tertiary alicyclic amines) is 1. The highest BCUT2D eigenvalue weighted by Gasteiger charge is 2.37. The molecule has 2 aliphatic heterocycles. The Morgan fingerprint density at radius 1 is 1.24 bits per heavy atom. The van der Waals surface area contributed by atoms with Gasteiger partial charge in [0, 0.05) is 45.3 Å². The maximum atomic E-state index is 12.4. The number of carbonyl (C=O) groups excluding carboxylic acids is 1. The lowest BCUT2D eigenvalue weighted by Gasteiger charge is -2.48. The molecule has 0 N–H and O–H groups in total. The highest BCUT2D eigenvalue weighted by atomic mass is 16.3. The molecule has 3 rings (SSSR count). The summed E-state index contributed by atoms with van der Waals surface area (Å²) in [6.45, 7) is 13.4. The zero-order valence-electron chi connectivity index (χ0n) is 13.3. The number of piperazine rings is 1. The van der Waals surface area contributed by atoms with Gasteiger partial charge in [-0.2, -0.15) is 0 Å². The van der Waals surface area contributed by atoms with Crippen LogP contribution in [0.2, 0.25) is 0 Å². The van der Waals surface area contributed by atoms with E-state index in [0.717, 1.165) is 62.9 Å². The molecule has 0 spiro atoms. The van der Waals surface area contributed by atoms with Crippen molar-refractivity contribution in [3.05, 3.63) is 23.2 Å². The molecule has 0 aromatic carbocycles. The van der Waals surface area contributed by atoms with Crippen LogP contribution < -0.4 is 0 Å². The lowest BCUT2D eigenvalue weighted by atomic mass is 10.0. The van der Waals surface area contributed by atoms with Gasteiger partial charge in [-0.15, -0.1) is 0 Å². The van der Waals surface area contributed by atoms with Gasteiger partial charge in [0.1, 0.15) is 11.5 Å². The van der Waals surface area contributed by atoms with Crippen molar-refractivity contribution in [1.82, 2.24) is 14.7 Å². The quantitative estimate of drug-likeness (QED) is 0.843. The Hall–Kier alpha value is -1.33. The Balaban J connectivity index is 1.52. The van der Waals surface area contributed by atoms with E-state index in [2.05, 4.69) is 16.7 Å². The van der Waals surface area contributed by atoms with E-state index in [0.29, 0.717) is 6.04 Å². The molecule has 1 aromatic rings. The molecular weight excluding hydrogens is 266 g/mol. The fourth-order valence-electron chi connectivity index (χ4n) is 3.31. The van der Waals surface area contributed by atoms with Crippen molar-refractivity contribution in [3.63, 3.8) is 0 Å². The first-order chi connectivity index (χ1) is 10.1. The van der Waals surface area contributed by atoms with Gasteiger partial charge in [-0.05, 0) is 26.5 Å². The minimum absolute atomic E-state index is 0.118. The van der Waals surface area contributed by atoms with E-state index in [-0.39, 0.29) is 5.91 Å². The molecule has 1 aromatic heterocycles. The smallest absolute Gasteiger partial charge is 0.257 e. The van der Waals surface area contributed by atoms with Gasteiger partial charge in [0.15, 0.2) is 0 Å². The summed E-state index contributed by atoms with van der Waals surface area (Å²) < 4.78 is 5.46. The highest BCUT2D eigenvalue weighted by molar-refractivity contribution is 5.95. The van der Waals surface area contributed by atoms with Gasteiger partial charge in [-0.1, -0.05) is 6.92 Å². The van der Waals surface area contributed by atoms with Gasteiger partial charge in [0.25, 0.3) is 5.91 Å². The fraction of sp³-hybridized carbons (Fsp3) is 0.688. The van der Waals surface area contributed by atoms with Crippen LogP contribution in [0.1, 0.15) is 28.8 Å². The number of amides is 1. The molecule has 0 aliphatic carbocycles. The monoisotopic (exact) mass is 291 g/mol. The molecule has 0 atom stereocenters. The summed E-state index contributed by atoms with van der Waals surface area (Å²) in [6, 6.07) is 2.40. The number of aryl methyl sites for hydroxylation is 2. The number of furan rings is 1. The van der Waals surface area contributed by atoms with Crippen molar-refractivity contribution >= 4 is 5.91 Å². The van der Waals surface area contributed by atoms with Crippen molar-refractivity contribution in [2.24, 2.45) is 0 Å². The largest absolute Gasteiger partial charge is 0.466 e. The van der Waals surface area contributed by atoms with Crippen LogP contribution in [0, 0.1) is 13.8 Å². The van der Waals surface area contributed by atoms with Crippen LogP contribution in [0.5, 0.6) is 0 Å². The average Bonchev–Trinajstić information content (AvgIpc) is 2.77. The molecule has 0 unspecified atom stereocenters. The second-order valence-electron chi connectivity index (χ2n) is 6.16. The number of hydrogen-bond acceptors (Lipinski definition) is 4. The van der Waals surface area contributed by atoms with Gasteiger partial charge in [0.05, 0.1) is 5.56 Å². The van der Waals surface area contributed by atoms with Crippen LogP contribution in [-0.2, 0) is 0 Å². The predicted octanol–water partition coefficient (Wildman–Crippen LogP) is 1.36. The second kappa shape index (κ2) is 5.81. The molecule has 2 aliphatic rings. The van der Waals surface area contributed by atoms with Gasteiger partial charge in [-0.25, -0.2) is 0 Å². The lowest BCUT2D eigenvalue weighted by Crippen LogP contribution is -2.64. The van der Waals surface area contributed by atoms with Crippen molar-refractivity contribution in [2.45, 2.75) is 26.8 Å². The van der Waals surface area contributed by atoms with E-state index in [1.165, 1.54) is 0 Å². The molecule has 5 heteroatoms. The van der Waals surface area contributed by atoms with Gasteiger partial charge >= 0.3 is 0 Å². The molecule has 5 nitrogen and oxygen atoms in total. The molecule has 0 radical (unpaired) electrons. The summed E-state index contributed by atoms with van der Waals surface area (Å²) in [7, 11) is 0. The Kier molecular flexibility index (Phi) is 4.04. The predicted molar refractivity (Wildman–Crippen MR) is 81.6 cm³/mol. The van der Waals surface area contributed by atoms with E-state index < -0.39 is 0 Å². The number of nitrogens with zero attached hydrogens (tertiary/aromatic N) is 3. The standard InChI is InChI=1S/C16H25N3O2/c1-4-17-5-7-18(8-6-17)14-10-19(11-14)16(20)15-9-12(2)21-13(15)3/h9,14H,4-8,10-11H2,1-3H3. The summed E-state index contributed by atoms with van der Waals surface area (Å²) in [5.74, 6) is 1.66. The summed E-state index contributed by atoms with van der Waals surface area (Å²) in [4.78, 5) is 19.4. The number of rotatable bonds is 3. The SMILES string of the molecule is CCN1CCN(C2CN(C(=O)c3cc(C)oc3C)C2)CC1. The van der Waals surface area contributed by atoms with E-state index in [9.17, 15) is 4.79 Å². The van der Waals surface area contributed by atoms with Crippen LogP contribution in [0.3, 0.4) is 0 Å². The Bertz CT molecular complexity index is 512. The molecule has 116 valence electrons. The van der Waals surface area contributed by atoms with Gasteiger partial charge < -0.3 is 14.2 Å². The van der Waals surface area contributed by atoms with Crippen molar-refractivity contribution < 1.29 is 9.21 Å². The molecule has 1 amide bonds. The number of likely N-dealkylation sites (N-methyl/N-ethyl adjacent to an activating group) is 1. The molecule has 3 heterocycles. The van der Waals surface area contributed by atoms with Crippen LogP contribution in [0.4, 0.5) is 0 Å². The van der Waals surface area contributed by atoms with E-state index >= 15 is 0 Å². The molecule has 0 saturated carbocycles. The van der Waals surface area contributed by atoms with Gasteiger partial charge in [0.2, 0.25) is 0 Å². The molecule has 0 bridgehead atoms. The Labute approximate surface area is 126 Å². The zero-order chi connectivity index (χ0) is 15.0. The van der Waals surface area contributed by atoms with Crippen LogP contribution in [-0.4, -0.2) is 72.5 Å². The number of hydrogen-bond donors (Lipinski definition) is 0. The van der Waals surface area contributed by atoms with E-state index in [4.69, 9.17) is 4.42 Å². The third kappa shape index (κ3) is 2.85. The molecule has 21 heavy (non-hydrogen) atoms. The normalized spacial score (nSPS) is 21.6. The Morgan fingerprint density at radius 3 is 2.43 bits per heavy atom. The summed E-state index contributed by atoms with van der Waals surface area (Å²) in [5, 5.41) is 0. The topological polar surface area (TPSA) is 39.9 Å². The lowest BCUT2D eigenvalue weighted by molar-refractivity contribution is 0.00831. The van der Waals surface area contributed by atoms with Crippen molar-refractivity contribution in [3.8, 4) is 0 Å². The molecular formula is C16H25N3O2. The van der Waals surface area contributed by atoms with Crippen LogP contribution >= 0.6 is 0 Å². The van der Waals surface area contributed by atoms with E-state index in [1.54, 1.807) is 0 Å². The van der Waals surface area contributed by atoms with Crippen LogP contribution in [0.15, 0.2) is 10.5 Å². The minimum atomic E-state index is 0.118. The van der Waals surface area contributed by atoms with Crippen LogP contribution in [0.25, 0.3) is 0 Å². The summed E-state index contributed by atoms with van der Waals surface area (Å²) >= 11 is 0. The van der Waals surface area contributed by atoms with E-state index in [1.807, 2.05) is 24.8 Å². The minimum Gasteiger partial charge on any atom is -0.466 e. The van der Waals surface area contributed by atoms with Crippen molar-refractivity contribution in [2.75, 3.05) is 45.8 Å².